The number of aromatic nitrogens is 2. The molecule has 0 unspecified atom stereocenters. The predicted molar refractivity (Wildman–Crippen MR) is 104 cm³/mol. The Morgan fingerprint density at radius 3 is 2.63 bits per heavy atom. The monoisotopic (exact) mass is 421 g/mol. The third-order valence-corrected chi connectivity index (χ3v) is 4.91. The van der Waals surface area contributed by atoms with Gasteiger partial charge in [-0.3, -0.25) is 0 Å². The number of nitrogens with one attached hydrogen (secondary N) is 1. The fourth-order valence-electron chi connectivity index (χ4n) is 3.61. The van der Waals surface area contributed by atoms with Gasteiger partial charge in [0.1, 0.15) is 17.1 Å². The summed E-state index contributed by atoms with van der Waals surface area (Å²) >= 11 is 0. The number of hydrogen-bond donors (Lipinski definition) is 1. The lowest BCUT2D eigenvalue weighted by molar-refractivity contribution is 0.0498. The first kappa shape index (κ1) is 21.7. The zero-order valence-corrected chi connectivity index (χ0v) is 17.4. The van der Waals surface area contributed by atoms with Crippen LogP contribution in [0.2, 0.25) is 0 Å². The van der Waals surface area contributed by atoms with Crippen molar-refractivity contribution in [1.29, 1.82) is 0 Å². The van der Waals surface area contributed by atoms with Gasteiger partial charge in [0.25, 0.3) is 0 Å². The SMILES string of the molecule is COC(=O)c1cnc2n1C[C@H](c1cccc(F)c1F)CC[C@H]2NC(=O)OC(C)(C)C. The minimum Gasteiger partial charge on any atom is -0.464 e. The molecule has 1 aromatic carbocycles. The van der Waals surface area contributed by atoms with E-state index in [0.29, 0.717) is 18.7 Å². The van der Waals surface area contributed by atoms with Crippen LogP contribution >= 0.6 is 0 Å². The summed E-state index contributed by atoms with van der Waals surface area (Å²) in [7, 11) is 1.25. The third kappa shape index (κ3) is 4.60. The zero-order valence-electron chi connectivity index (χ0n) is 17.4. The number of alkyl carbamates (subject to hydrolysis) is 1. The number of nitrogens with zero attached hydrogens (tertiary/aromatic N) is 2. The maximum absolute atomic E-state index is 14.5. The van der Waals surface area contributed by atoms with Crippen LogP contribution in [0.3, 0.4) is 0 Å². The number of hydrogen-bond acceptors (Lipinski definition) is 5. The van der Waals surface area contributed by atoms with E-state index in [-0.39, 0.29) is 17.8 Å². The van der Waals surface area contributed by atoms with Gasteiger partial charge in [0.15, 0.2) is 11.6 Å². The normalized spacial score (nSPS) is 18.9. The Bertz CT molecular complexity index is 952. The second-order valence-corrected chi connectivity index (χ2v) is 8.22. The van der Waals surface area contributed by atoms with Crippen molar-refractivity contribution in [2.24, 2.45) is 0 Å². The van der Waals surface area contributed by atoms with Crippen molar-refractivity contribution < 1.29 is 27.8 Å². The zero-order chi connectivity index (χ0) is 22.1. The highest BCUT2D eigenvalue weighted by Gasteiger charge is 2.32. The van der Waals surface area contributed by atoms with Crippen molar-refractivity contribution in [3.63, 3.8) is 0 Å². The number of imidazole rings is 1. The van der Waals surface area contributed by atoms with Gasteiger partial charge in [-0.15, -0.1) is 0 Å². The molecule has 1 aliphatic rings. The second kappa shape index (κ2) is 8.41. The Balaban J connectivity index is 1.97. The molecule has 9 heteroatoms. The van der Waals surface area contributed by atoms with E-state index in [9.17, 15) is 18.4 Å². The average molecular weight is 421 g/mol. The number of halogens is 2. The third-order valence-electron chi connectivity index (χ3n) is 4.91. The standard InChI is InChI=1S/C21H25F2N3O4/c1-21(2,3)30-20(28)25-15-9-8-12(13-6-5-7-14(22)17(13)23)11-26-16(19(27)29-4)10-24-18(15)26/h5-7,10,12,15H,8-9,11H2,1-4H3,(H,25,28)/t12-,15-/m1/s1. The molecule has 3 rings (SSSR count). The van der Waals surface area contributed by atoms with E-state index in [4.69, 9.17) is 9.47 Å². The molecule has 7 nitrogen and oxygen atoms in total. The van der Waals surface area contributed by atoms with Crippen LogP contribution in [0.15, 0.2) is 24.4 Å². The lowest BCUT2D eigenvalue weighted by Gasteiger charge is -2.23. The number of carbonyl (C=O) groups excluding carboxylic acids is 2. The highest BCUT2D eigenvalue weighted by Crippen LogP contribution is 2.35. The summed E-state index contributed by atoms with van der Waals surface area (Å²) in [6.45, 7) is 5.43. The van der Waals surface area contributed by atoms with Crippen molar-refractivity contribution in [3.05, 3.63) is 53.1 Å². The molecule has 30 heavy (non-hydrogen) atoms. The van der Waals surface area contributed by atoms with Crippen LogP contribution in [-0.2, 0) is 16.0 Å². The molecule has 1 N–H and O–H groups in total. The first-order valence-electron chi connectivity index (χ1n) is 9.68. The van der Waals surface area contributed by atoms with Gasteiger partial charge in [0.05, 0.1) is 19.3 Å². The molecule has 1 amide bonds. The van der Waals surface area contributed by atoms with Crippen LogP contribution in [0, 0.1) is 11.6 Å². The summed E-state index contributed by atoms with van der Waals surface area (Å²) in [5, 5.41) is 2.78. The van der Waals surface area contributed by atoms with Crippen LogP contribution in [0.1, 0.15) is 67.4 Å². The van der Waals surface area contributed by atoms with E-state index in [0.717, 1.165) is 6.07 Å². The van der Waals surface area contributed by atoms with Crippen molar-refractivity contribution in [3.8, 4) is 0 Å². The van der Waals surface area contributed by atoms with Gasteiger partial charge in [0, 0.05) is 12.5 Å². The maximum atomic E-state index is 14.5. The Morgan fingerprint density at radius 1 is 1.23 bits per heavy atom. The summed E-state index contributed by atoms with van der Waals surface area (Å²) in [6.07, 6.45) is 1.56. The summed E-state index contributed by atoms with van der Waals surface area (Å²) in [5.41, 5.74) is -0.301. The van der Waals surface area contributed by atoms with Gasteiger partial charge >= 0.3 is 12.1 Å². The molecule has 0 radical (unpaired) electrons. The molecule has 0 fully saturated rings. The van der Waals surface area contributed by atoms with Gasteiger partial charge in [0.2, 0.25) is 0 Å². The van der Waals surface area contributed by atoms with Gasteiger partial charge in [-0.1, -0.05) is 12.1 Å². The van der Waals surface area contributed by atoms with Crippen LogP contribution in [0.5, 0.6) is 0 Å². The molecular formula is C21H25F2N3O4. The predicted octanol–water partition coefficient (Wildman–Crippen LogP) is 4.09. The van der Waals surface area contributed by atoms with E-state index in [1.807, 2.05) is 0 Å². The lowest BCUT2D eigenvalue weighted by atomic mass is 9.93. The molecule has 0 aliphatic carbocycles. The summed E-state index contributed by atoms with van der Waals surface area (Å²) < 4.78 is 40.0. The van der Waals surface area contributed by atoms with E-state index in [2.05, 4.69) is 10.3 Å². The van der Waals surface area contributed by atoms with E-state index >= 15 is 0 Å². The molecular weight excluding hydrogens is 396 g/mol. The van der Waals surface area contributed by atoms with E-state index in [1.165, 1.54) is 25.4 Å². The lowest BCUT2D eigenvalue weighted by Crippen LogP contribution is -2.35. The fourth-order valence-corrected chi connectivity index (χ4v) is 3.61. The van der Waals surface area contributed by atoms with Gasteiger partial charge in [-0.2, -0.15) is 0 Å². The van der Waals surface area contributed by atoms with Gasteiger partial charge < -0.3 is 19.4 Å². The second-order valence-electron chi connectivity index (χ2n) is 8.22. The van der Waals surface area contributed by atoms with Crippen LogP contribution < -0.4 is 5.32 Å². The molecule has 162 valence electrons. The van der Waals surface area contributed by atoms with Gasteiger partial charge in [-0.25, -0.2) is 23.4 Å². The minimum atomic E-state index is -0.931. The molecule has 2 aromatic rings. The number of esters is 1. The first-order chi connectivity index (χ1) is 14.1. The molecule has 2 atom stereocenters. The number of carbonyl (C=O) groups is 2. The summed E-state index contributed by atoms with van der Waals surface area (Å²) in [5.74, 6) is -2.45. The van der Waals surface area contributed by atoms with Crippen LogP contribution in [0.4, 0.5) is 13.6 Å². The highest BCUT2D eigenvalue weighted by molar-refractivity contribution is 5.87. The van der Waals surface area contributed by atoms with Crippen LogP contribution in [-0.4, -0.2) is 34.3 Å². The smallest absolute Gasteiger partial charge is 0.408 e. The molecule has 2 heterocycles. The number of fused-ring (bicyclic) bond motifs is 1. The van der Waals surface area contributed by atoms with Crippen molar-refractivity contribution in [2.75, 3.05) is 7.11 Å². The summed E-state index contributed by atoms with van der Waals surface area (Å²) in [6, 6.07) is 3.47. The quantitative estimate of drug-likeness (QED) is 0.755. The van der Waals surface area contributed by atoms with E-state index < -0.39 is 41.3 Å². The Kier molecular flexibility index (Phi) is 6.09. The van der Waals surface area contributed by atoms with Gasteiger partial charge in [-0.05, 0) is 45.2 Å². The Labute approximate surface area is 173 Å². The first-order valence-corrected chi connectivity index (χ1v) is 9.68. The Hall–Kier alpha value is -2.97. The maximum Gasteiger partial charge on any atom is 0.408 e. The number of benzene rings is 1. The highest BCUT2D eigenvalue weighted by atomic mass is 19.2. The number of amides is 1. The number of methoxy groups -OCH3 is 1. The number of ether oxygens (including phenoxy) is 2. The topological polar surface area (TPSA) is 82.5 Å². The minimum absolute atomic E-state index is 0.173. The molecule has 1 aliphatic heterocycles. The molecule has 1 aromatic heterocycles. The molecule has 0 spiro atoms. The van der Waals surface area contributed by atoms with Crippen LogP contribution in [0.25, 0.3) is 0 Å². The Morgan fingerprint density at radius 2 is 1.97 bits per heavy atom. The van der Waals surface area contributed by atoms with Crippen molar-refractivity contribution >= 4 is 12.1 Å². The molecule has 0 saturated heterocycles. The molecule has 0 saturated carbocycles. The largest absolute Gasteiger partial charge is 0.464 e. The average Bonchev–Trinajstić information content (AvgIpc) is 2.99. The number of rotatable bonds is 3. The van der Waals surface area contributed by atoms with Crippen molar-refractivity contribution in [2.45, 2.75) is 57.7 Å². The fraction of sp³-hybridized carbons (Fsp3) is 0.476. The van der Waals surface area contributed by atoms with E-state index in [1.54, 1.807) is 25.3 Å². The molecule has 0 bridgehead atoms. The summed E-state index contributed by atoms with van der Waals surface area (Å²) in [4.78, 5) is 28.8. The van der Waals surface area contributed by atoms with Crippen molar-refractivity contribution in [1.82, 2.24) is 14.9 Å².